The second-order valence-electron chi connectivity index (χ2n) is 3.30. The van der Waals surface area contributed by atoms with E-state index in [4.69, 9.17) is 27.9 Å². The van der Waals surface area contributed by atoms with Gasteiger partial charge in [-0.3, -0.25) is 0 Å². The fourth-order valence-electron chi connectivity index (χ4n) is 1.61. The molecule has 2 aromatic rings. The van der Waals surface area contributed by atoms with Gasteiger partial charge in [0.1, 0.15) is 23.1 Å². The van der Waals surface area contributed by atoms with Crippen LogP contribution in [0.25, 0.3) is 11.0 Å². The van der Waals surface area contributed by atoms with E-state index in [9.17, 15) is 4.79 Å². The van der Waals surface area contributed by atoms with Crippen molar-refractivity contribution in [1.82, 2.24) is 14.5 Å². The van der Waals surface area contributed by atoms with Gasteiger partial charge < -0.3 is 9.30 Å². The summed E-state index contributed by atoms with van der Waals surface area (Å²) in [5.41, 5.74) is 1.19. The van der Waals surface area contributed by atoms with Crippen molar-refractivity contribution in [3.05, 3.63) is 22.2 Å². The van der Waals surface area contributed by atoms with Gasteiger partial charge in [0.15, 0.2) is 5.15 Å². The van der Waals surface area contributed by atoms with Crippen LogP contribution in [0, 0.1) is 0 Å². The first-order chi connectivity index (χ1) is 8.07. The van der Waals surface area contributed by atoms with Crippen LogP contribution in [0.5, 0.6) is 0 Å². The molecule has 7 heteroatoms. The fraction of sp³-hybridized carbons (Fsp3) is 0.300. The molecule has 0 bridgehead atoms. The molecule has 17 heavy (non-hydrogen) atoms. The highest BCUT2D eigenvalue weighted by atomic mass is 35.5. The van der Waals surface area contributed by atoms with E-state index in [-0.39, 0.29) is 22.5 Å². The Morgan fingerprint density at radius 1 is 1.47 bits per heavy atom. The molecule has 5 nitrogen and oxygen atoms in total. The minimum atomic E-state index is -0.505. The number of halogens is 2. The molecule has 0 unspecified atom stereocenters. The van der Waals surface area contributed by atoms with Gasteiger partial charge in [0.25, 0.3) is 0 Å². The third kappa shape index (κ3) is 1.85. The lowest BCUT2D eigenvalue weighted by molar-refractivity contribution is 0.0516. The number of aromatic nitrogens is 3. The Morgan fingerprint density at radius 2 is 2.18 bits per heavy atom. The number of carbonyl (C=O) groups excluding carboxylic acids is 1. The number of fused-ring (bicyclic) bond motifs is 1. The fourth-order valence-corrected chi connectivity index (χ4v) is 2.21. The molecular formula is C10H9Cl2N3O2. The zero-order valence-electron chi connectivity index (χ0n) is 9.20. The number of carbonyl (C=O) groups is 1. The zero-order chi connectivity index (χ0) is 12.6. The van der Waals surface area contributed by atoms with Crippen LogP contribution >= 0.6 is 23.2 Å². The zero-order valence-corrected chi connectivity index (χ0v) is 10.7. The lowest BCUT2D eigenvalue weighted by Crippen LogP contribution is -2.10. The van der Waals surface area contributed by atoms with Gasteiger partial charge in [-0.15, -0.1) is 0 Å². The topological polar surface area (TPSA) is 57.0 Å². The molecule has 0 spiro atoms. The molecule has 0 amide bonds. The summed E-state index contributed by atoms with van der Waals surface area (Å²) in [5.74, 6) is -0.505. The van der Waals surface area contributed by atoms with E-state index in [1.165, 1.54) is 10.9 Å². The maximum absolute atomic E-state index is 11.7. The summed E-state index contributed by atoms with van der Waals surface area (Å²) in [6.45, 7) is 2.00. The molecule has 0 radical (unpaired) electrons. The van der Waals surface area contributed by atoms with E-state index in [2.05, 4.69) is 9.97 Å². The summed E-state index contributed by atoms with van der Waals surface area (Å²) in [5, 5.41) is 0.472. The second kappa shape index (κ2) is 4.50. The van der Waals surface area contributed by atoms with Crippen molar-refractivity contribution in [2.75, 3.05) is 6.61 Å². The normalized spacial score (nSPS) is 10.8. The van der Waals surface area contributed by atoms with Crippen LogP contribution in [0.3, 0.4) is 0 Å². The first kappa shape index (κ1) is 12.1. The average molecular weight is 274 g/mol. The van der Waals surface area contributed by atoms with Crippen LogP contribution in [-0.4, -0.2) is 27.1 Å². The molecule has 2 heterocycles. The number of aryl methyl sites for hydroxylation is 1. The molecule has 0 saturated carbocycles. The van der Waals surface area contributed by atoms with Crippen molar-refractivity contribution in [3.63, 3.8) is 0 Å². The van der Waals surface area contributed by atoms with Gasteiger partial charge in [0.2, 0.25) is 0 Å². The summed E-state index contributed by atoms with van der Waals surface area (Å²) < 4.78 is 6.46. The minimum Gasteiger partial charge on any atom is -0.461 e. The number of ether oxygens (including phenoxy) is 1. The maximum atomic E-state index is 11.7. The third-order valence-corrected chi connectivity index (χ3v) is 2.97. The second-order valence-corrected chi connectivity index (χ2v) is 4.04. The van der Waals surface area contributed by atoms with Crippen LogP contribution < -0.4 is 0 Å². The molecule has 2 rings (SSSR count). The highest BCUT2D eigenvalue weighted by molar-refractivity contribution is 6.40. The van der Waals surface area contributed by atoms with E-state index in [0.29, 0.717) is 11.0 Å². The monoisotopic (exact) mass is 273 g/mol. The van der Waals surface area contributed by atoms with Gasteiger partial charge in [0, 0.05) is 7.05 Å². The predicted octanol–water partition coefficient (Wildman–Crippen LogP) is 2.45. The Hall–Kier alpha value is -1.33. The lowest BCUT2D eigenvalue weighted by Gasteiger charge is -2.03. The highest BCUT2D eigenvalue weighted by Gasteiger charge is 2.23. The Labute approximate surface area is 107 Å². The molecular weight excluding hydrogens is 265 g/mol. The van der Waals surface area contributed by atoms with Gasteiger partial charge in [0.05, 0.1) is 11.6 Å². The molecule has 0 aliphatic heterocycles. The first-order valence-electron chi connectivity index (χ1n) is 4.89. The van der Waals surface area contributed by atoms with Gasteiger partial charge in [-0.2, -0.15) is 0 Å². The molecule has 0 N–H and O–H groups in total. The van der Waals surface area contributed by atoms with Gasteiger partial charge >= 0.3 is 5.97 Å². The summed E-state index contributed by atoms with van der Waals surface area (Å²) in [6.07, 6.45) is 1.30. The summed E-state index contributed by atoms with van der Waals surface area (Å²) in [7, 11) is 1.66. The number of hydrogen-bond acceptors (Lipinski definition) is 4. The van der Waals surface area contributed by atoms with Crippen molar-refractivity contribution in [2.24, 2.45) is 7.05 Å². The van der Waals surface area contributed by atoms with E-state index >= 15 is 0 Å². The summed E-state index contributed by atoms with van der Waals surface area (Å²) >= 11 is 12.0. The molecule has 0 aliphatic rings. The molecule has 0 aliphatic carbocycles. The smallest absolute Gasteiger partial charge is 0.356 e. The predicted molar refractivity (Wildman–Crippen MR) is 64.5 cm³/mol. The van der Waals surface area contributed by atoms with E-state index in [1.807, 2.05) is 0 Å². The maximum Gasteiger partial charge on any atom is 0.356 e. The molecule has 2 aromatic heterocycles. The van der Waals surface area contributed by atoms with Crippen LogP contribution in [0.15, 0.2) is 6.33 Å². The molecule has 0 aromatic carbocycles. The van der Waals surface area contributed by atoms with Crippen LogP contribution in [0.4, 0.5) is 0 Å². The number of hydrogen-bond donors (Lipinski definition) is 0. The largest absolute Gasteiger partial charge is 0.461 e. The van der Waals surface area contributed by atoms with Crippen molar-refractivity contribution < 1.29 is 9.53 Å². The van der Waals surface area contributed by atoms with Crippen LogP contribution in [-0.2, 0) is 11.8 Å². The van der Waals surface area contributed by atoms with Crippen molar-refractivity contribution >= 4 is 40.2 Å². The summed E-state index contributed by atoms with van der Waals surface area (Å²) in [4.78, 5) is 19.6. The third-order valence-electron chi connectivity index (χ3n) is 2.33. The Balaban J connectivity index is 2.73. The Bertz CT molecular complexity index is 595. The SMILES string of the molecule is CCOC(=O)c1c(Cl)c2ncnc(Cl)c2n1C. The minimum absolute atomic E-state index is 0.227. The standard InChI is InChI=1S/C10H9Cl2N3O2/c1-3-17-10(16)7-5(11)6-8(15(7)2)9(12)14-4-13-6/h4H,3H2,1-2H3. The lowest BCUT2D eigenvalue weighted by atomic mass is 10.4. The first-order valence-corrected chi connectivity index (χ1v) is 5.65. The van der Waals surface area contributed by atoms with Crippen LogP contribution in [0.2, 0.25) is 10.2 Å². The number of rotatable bonds is 2. The number of nitrogens with zero attached hydrogens (tertiary/aromatic N) is 3. The average Bonchev–Trinajstić information content (AvgIpc) is 2.53. The van der Waals surface area contributed by atoms with Crippen molar-refractivity contribution in [1.29, 1.82) is 0 Å². The van der Waals surface area contributed by atoms with E-state index < -0.39 is 5.97 Å². The van der Waals surface area contributed by atoms with Gasteiger partial charge in [-0.1, -0.05) is 23.2 Å². The molecule has 0 saturated heterocycles. The van der Waals surface area contributed by atoms with Gasteiger partial charge in [-0.25, -0.2) is 14.8 Å². The molecule has 0 atom stereocenters. The van der Waals surface area contributed by atoms with E-state index in [1.54, 1.807) is 14.0 Å². The molecule has 90 valence electrons. The number of esters is 1. The Morgan fingerprint density at radius 3 is 2.76 bits per heavy atom. The highest BCUT2D eigenvalue weighted by Crippen LogP contribution is 2.31. The summed E-state index contributed by atoms with van der Waals surface area (Å²) in [6, 6.07) is 0. The molecule has 0 fully saturated rings. The quantitative estimate of drug-likeness (QED) is 0.623. The Kier molecular flexibility index (Phi) is 3.22. The van der Waals surface area contributed by atoms with Crippen LogP contribution in [0.1, 0.15) is 17.4 Å². The van der Waals surface area contributed by atoms with Crippen molar-refractivity contribution in [3.8, 4) is 0 Å². The van der Waals surface area contributed by atoms with Crippen molar-refractivity contribution in [2.45, 2.75) is 6.92 Å². The van der Waals surface area contributed by atoms with Gasteiger partial charge in [-0.05, 0) is 6.92 Å². The van der Waals surface area contributed by atoms with E-state index in [0.717, 1.165) is 0 Å².